The molecular weight excluding hydrogens is 188 g/mol. The third kappa shape index (κ3) is 2.32. The second-order valence-corrected chi connectivity index (χ2v) is 4.12. The molecule has 1 atom stereocenters. The number of hydrogen-bond donors (Lipinski definition) is 1. The van der Waals surface area contributed by atoms with Crippen molar-refractivity contribution < 1.29 is 9.84 Å². The predicted molar refractivity (Wildman–Crippen MR) is 60.1 cm³/mol. The SMILES string of the molecule is CCCC(O)c1ccc2c(c1)CCCO2. The van der Waals surface area contributed by atoms with Crippen molar-refractivity contribution in [1.29, 1.82) is 0 Å². The summed E-state index contributed by atoms with van der Waals surface area (Å²) in [5.74, 6) is 0.994. The van der Waals surface area contributed by atoms with Crippen LogP contribution in [-0.2, 0) is 6.42 Å². The Balaban J connectivity index is 2.20. The molecule has 82 valence electrons. The Bertz CT molecular complexity index is 333. The van der Waals surface area contributed by atoms with Crippen molar-refractivity contribution in [2.45, 2.75) is 38.7 Å². The van der Waals surface area contributed by atoms with Gasteiger partial charge < -0.3 is 9.84 Å². The lowest BCUT2D eigenvalue weighted by molar-refractivity contribution is 0.166. The van der Waals surface area contributed by atoms with E-state index in [1.807, 2.05) is 12.1 Å². The number of aliphatic hydroxyl groups is 1. The molecule has 1 unspecified atom stereocenters. The zero-order valence-electron chi connectivity index (χ0n) is 9.20. The maximum absolute atomic E-state index is 9.88. The van der Waals surface area contributed by atoms with Gasteiger partial charge in [0.25, 0.3) is 0 Å². The van der Waals surface area contributed by atoms with Crippen molar-refractivity contribution in [3.63, 3.8) is 0 Å². The summed E-state index contributed by atoms with van der Waals surface area (Å²) in [6.07, 6.45) is 3.68. The third-order valence-corrected chi connectivity index (χ3v) is 2.88. The Morgan fingerprint density at radius 3 is 3.13 bits per heavy atom. The standard InChI is InChI=1S/C13H18O2/c1-2-4-12(14)10-6-7-13-11(9-10)5-3-8-15-13/h6-7,9,12,14H,2-5,8H2,1H3. The normalized spacial score (nSPS) is 16.7. The molecule has 1 heterocycles. The topological polar surface area (TPSA) is 29.5 Å². The largest absolute Gasteiger partial charge is 0.493 e. The maximum atomic E-state index is 9.88. The van der Waals surface area contributed by atoms with Crippen LogP contribution in [0.5, 0.6) is 5.75 Å². The van der Waals surface area contributed by atoms with Crippen molar-refractivity contribution in [1.82, 2.24) is 0 Å². The maximum Gasteiger partial charge on any atom is 0.122 e. The lowest BCUT2D eigenvalue weighted by Gasteiger charge is -2.19. The van der Waals surface area contributed by atoms with Gasteiger partial charge in [-0.25, -0.2) is 0 Å². The Labute approximate surface area is 90.9 Å². The van der Waals surface area contributed by atoms with Crippen LogP contribution in [0.3, 0.4) is 0 Å². The van der Waals surface area contributed by atoms with Crippen molar-refractivity contribution in [2.75, 3.05) is 6.61 Å². The molecule has 0 saturated carbocycles. The second-order valence-electron chi connectivity index (χ2n) is 4.12. The van der Waals surface area contributed by atoms with E-state index in [1.165, 1.54) is 5.56 Å². The van der Waals surface area contributed by atoms with Gasteiger partial charge in [0.1, 0.15) is 5.75 Å². The molecule has 0 saturated heterocycles. The van der Waals surface area contributed by atoms with Crippen LogP contribution in [-0.4, -0.2) is 11.7 Å². The van der Waals surface area contributed by atoms with Crippen molar-refractivity contribution >= 4 is 0 Å². The van der Waals surface area contributed by atoms with Crippen LogP contribution < -0.4 is 4.74 Å². The summed E-state index contributed by atoms with van der Waals surface area (Å²) in [6.45, 7) is 2.91. The summed E-state index contributed by atoms with van der Waals surface area (Å²) in [5.41, 5.74) is 2.27. The predicted octanol–water partition coefficient (Wildman–Crippen LogP) is 2.85. The van der Waals surface area contributed by atoms with E-state index in [2.05, 4.69) is 13.0 Å². The summed E-state index contributed by atoms with van der Waals surface area (Å²) in [5, 5.41) is 9.88. The number of benzene rings is 1. The Kier molecular flexibility index (Phi) is 3.27. The van der Waals surface area contributed by atoms with Gasteiger partial charge in [-0.1, -0.05) is 19.4 Å². The van der Waals surface area contributed by atoms with Gasteiger partial charge >= 0.3 is 0 Å². The van der Waals surface area contributed by atoms with Crippen LogP contribution in [0, 0.1) is 0 Å². The fourth-order valence-corrected chi connectivity index (χ4v) is 2.03. The zero-order valence-corrected chi connectivity index (χ0v) is 9.20. The van der Waals surface area contributed by atoms with Crippen molar-refractivity contribution in [3.8, 4) is 5.75 Å². The summed E-state index contributed by atoms with van der Waals surface area (Å²) >= 11 is 0. The fraction of sp³-hybridized carbons (Fsp3) is 0.538. The molecule has 0 amide bonds. The van der Waals surface area contributed by atoms with Crippen LogP contribution in [0.4, 0.5) is 0 Å². The lowest BCUT2D eigenvalue weighted by Crippen LogP contribution is -2.09. The molecule has 1 aliphatic rings. The molecule has 15 heavy (non-hydrogen) atoms. The zero-order chi connectivity index (χ0) is 10.7. The minimum Gasteiger partial charge on any atom is -0.493 e. The molecule has 0 fully saturated rings. The third-order valence-electron chi connectivity index (χ3n) is 2.88. The average Bonchev–Trinajstić information content (AvgIpc) is 2.29. The molecular formula is C13H18O2. The Hall–Kier alpha value is -1.02. The first-order valence-electron chi connectivity index (χ1n) is 5.75. The van der Waals surface area contributed by atoms with Crippen LogP contribution in [0.2, 0.25) is 0 Å². The van der Waals surface area contributed by atoms with E-state index < -0.39 is 0 Å². The highest BCUT2D eigenvalue weighted by Gasteiger charge is 2.13. The molecule has 1 aliphatic heterocycles. The van der Waals surface area contributed by atoms with Crippen molar-refractivity contribution in [2.24, 2.45) is 0 Å². The number of hydrogen-bond acceptors (Lipinski definition) is 2. The average molecular weight is 206 g/mol. The summed E-state index contributed by atoms with van der Waals surface area (Å²) in [6, 6.07) is 6.06. The monoisotopic (exact) mass is 206 g/mol. The summed E-state index contributed by atoms with van der Waals surface area (Å²) in [4.78, 5) is 0. The summed E-state index contributed by atoms with van der Waals surface area (Å²) in [7, 11) is 0. The minimum atomic E-state index is -0.317. The molecule has 0 radical (unpaired) electrons. The van der Waals surface area contributed by atoms with Gasteiger partial charge in [-0.15, -0.1) is 0 Å². The molecule has 0 aliphatic carbocycles. The fourth-order valence-electron chi connectivity index (χ4n) is 2.03. The van der Waals surface area contributed by atoms with Crippen LogP contribution in [0.1, 0.15) is 43.4 Å². The van der Waals surface area contributed by atoms with Gasteiger partial charge in [0.2, 0.25) is 0 Å². The van der Waals surface area contributed by atoms with Crippen molar-refractivity contribution in [3.05, 3.63) is 29.3 Å². The van der Waals surface area contributed by atoms with Gasteiger partial charge in [0.05, 0.1) is 12.7 Å². The van der Waals surface area contributed by atoms with E-state index >= 15 is 0 Å². The molecule has 1 N–H and O–H groups in total. The van der Waals surface area contributed by atoms with Crippen LogP contribution in [0.15, 0.2) is 18.2 Å². The number of rotatable bonds is 3. The lowest BCUT2D eigenvalue weighted by atomic mass is 9.99. The molecule has 0 bridgehead atoms. The minimum absolute atomic E-state index is 0.317. The van der Waals surface area contributed by atoms with E-state index in [4.69, 9.17) is 4.74 Å². The number of aliphatic hydroxyl groups excluding tert-OH is 1. The molecule has 2 rings (SSSR count). The first-order chi connectivity index (χ1) is 7.31. The smallest absolute Gasteiger partial charge is 0.122 e. The molecule has 0 aromatic heterocycles. The number of aryl methyl sites for hydroxylation is 1. The van der Waals surface area contributed by atoms with E-state index in [0.29, 0.717) is 0 Å². The number of fused-ring (bicyclic) bond motifs is 1. The Morgan fingerprint density at radius 1 is 1.47 bits per heavy atom. The van der Waals surface area contributed by atoms with Crippen LogP contribution >= 0.6 is 0 Å². The molecule has 0 spiro atoms. The highest BCUT2D eigenvalue weighted by atomic mass is 16.5. The van der Waals surface area contributed by atoms with Gasteiger partial charge in [0.15, 0.2) is 0 Å². The first kappa shape index (κ1) is 10.5. The van der Waals surface area contributed by atoms with E-state index in [9.17, 15) is 5.11 Å². The quantitative estimate of drug-likeness (QED) is 0.824. The first-order valence-corrected chi connectivity index (χ1v) is 5.75. The highest BCUT2D eigenvalue weighted by Crippen LogP contribution is 2.28. The van der Waals surface area contributed by atoms with Gasteiger partial charge in [0, 0.05) is 0 Å². The van der Waals surface area contributed by atoms with Gasteiger partial charge in [-0.05, 0) is 42.5 Å². The number of ether oxygens (including phenoxy) is 1. The molecule has 1 aromatic carbocycles. The molecule has 2 nitrogen and oxygen atoms in total. The van der Waals surface area contributed by atoms with Crippen LogP contribution in [0.25, 0.3) is 0 Å². The molecule has 1 aromatic rings. The van der Waals surface area contributed by atoms with E-state index in [0.717, 1.165) is 43.6 Å². The second kappa shape index (κ2) is 4.67. The molecule has 2 heteroatoms. The van der Waals surface area contributed by atoms with Gasteiger partial charge in [-0.2, -0.15) is 0 Å². The Morgan fingerprint density at radius 2 is 2.33 bits per heavy atom. The van der Waals surface area contributed by atoms with E-state index in [-0.39, 0.29) is 6.10 Å². The van der Waals surface area contributed by atoms with E-state index in [1.54, 1.807) is 0 Å². The van der Waals surface area contributed by atoms with Gasteiger partial charge in [-0.3, -0.25) is 0 Å². The highest BCUT2D eigenvalue weighted by molar-refractivity contribution is 5.39. The summed E-state index contributed by atoms with van der Waals surface area (Å²) < 4.78 is 5.54.